The Hall–Kier alpha value is -0.370. The molecule has 0 unspecified atom stereocenters. The van der Waals surface area contributed by atoms with E-state index in [4.69, 9.17) is 9.47 Å². The fraction of sp³-hybridized carbons (Fsp3) is 0.857. The summed E-state index contributed by atoms with van der Waals surface area (Å²) in [5.41, 5.74) is -1.20. The lowest BCUT2D eigenvalue weighted by Gasteiger charge is -2.38. The number of carbonyl (C=O) groups is 2. The second kappa shape index (κ2) is 7.06. The molecule has 1 heterocycles. The van der Waals surface area contributed by atoms with Gasteiger partial charge in [0.2, 0.25) is 0 Å². The van der Waals surface area contributed by atoms with E-state index in [2.05, 4.69) is 34.4 Å². The molecule has 0 aromatic rings. The van der Waals surface area contributed by atoms with Crippen molar-refractivity contribution >= 4 is 34.7 Å². The molecule has 116 valence electrons. The van der Waals surface area contributed by atoms with Crippen LogP contribution >= 0.6 is 22.6 Å². The van der Waals surface area contributed by atoms with Crippen molar-refractivity contribution in [3.05, 3.63) is 0 Å². The summed E-state index contributed by atoms with van der Waals surface area (Å²) in [4.78, 5) is 26.2. The maximum atomic E-state index is 12.3. The molecule has 0 amide bonds. The van der Waals surface area contributed by atoms with Crippen molar-refractivity contribution in [2.24, 2.45) is 5.41 Å². The lowest BCUT2D eigenvalue weighted by atomic mass is 9.80. The Morgan fingerprint density at radius 1 is 1.25 bits per heavy atom. The molecule has 1 fully saturated rings. The van der Waals surface area contributed by atoms with E-state index in [1.54, 1.807) is 20.8 Å². The lowest BCUT2D eigenvalue weighted by molar-refractivity contribution is -0.154. The molecule has 0 atom stereocenters. The Kier molecular flexibility index (Phi) is 6.25. The van der Waals surface area contributed by atoms with Gasteiger partial charge < -0.3 is 14.4 Å². The molecule has 0 aromatic carbocycles. The zero-order valence-electron chi connectivity index (χ0n) is 12.7. The molecule has 0 aliphatic carbocycles. The topological polar surface area (TPSA) is 55.8 Å². The van der Waals surface area contributed by atoms with Crippen LogP contribution in [0.2, 0.25) is 0 Å². The molecular formula is C14H24INO4. The van der Waals surface area contributed by atoms with E-state index in [0.29, 0.717) is 4.43 Å². The van der Waals surface area contributed by atoms with Crippen LogP contribution < -0.4 is 0 Å². The molecule has 1 saturated heterocycles. The highest BCUT2D eigenvalue weighted by Crippen LogP contribution is 2.35. The van der Waals surface area contributed by atoms with E-state index >= 15 is 0 Å². The summed E-state index contributed by atoms with van der Waals surface area (Å²) < 4.78 is 10.6. The van der Waals surface area contributed by atoms with Crippen molar-refractivity contribution in [3.63, 3.8) is 0 Å². The van der Waals surface area contributed by atoms with Crippen LogP contribution in [0.25, 0.3) is 0 Å². The molecule has 20 heavy (non-hydrogen) atoms. The molecule has 0 bridgehead atoms. The van der Waals surface area contributed by atoms with Crippen molar-refractivity contribution in [2.75, 3.05) is 24.1 Å². The third-order valence-corrected chi connectivity index (χ3v) is 4.97. The number of esters is 1. The van der Waals surface area contributed by atoms with Crippen LogP contribution in [0.4, 0.5) is 4.79 Å². The van der Waals surface area contributed by atoms with Crippen LogP contribution in [0.15, 0.2) is 0 Å². The van der Waals surface area contributed by atoms with Crippen molar-refractivity contribution in [1.82, 2.24) is 4.90 Å². The smallest absolute Gasteiger partial charge is 0.428 e. The van der Waals surface area contributed by atoms with E-state index in [-0.39, 0.29) is 0 Å². The van der Waals surface area contributed by atoms with Gasteiger partial charge in [0.05, 0.1) is 5.41 Å². The minimum Gasteiger partial charge on any atom is -0.428 e. The van der Waals surface area contributed by atoms with Gasteiger partial charge in [-0.25, -0.2) is 4.79 Å². The summed E-state index contributed by atoms with van der Waals surface area (Å²) in [7, 11) is 0. The van der Waals surface area contributed by atoms with E-state index in [0.717, 1.165) is 32.5 Å². The first-order valence-electron chi connectivity index (χ1n) is 6.96. The van der Waals surface area contributed by atoms with E-state index in [1.165, 1.54) is 0 Å². The quantitative estimate of drug-likeness (QED) is 0.317. The molecular weight excluding hydrogens is 373 g/mol. The second-order valence-electron chi connectivity index (χ2n) is 6.20. The number of rotatable bonds is 3. The summed E-state index contributed by atoms with van der Waals surface area (Å²) in [6, 6.07) is 0. The number of alkyl halides is 1. The maximum absolute atomic E-state index is 12.3. The van der Waals surface area contributed by atoms with Gasteiger partial charge in [-0.3, -0.25) is 4.79 Å². The third kappa shape index (κ3) is 4.87. The Bertz CT molecular complexity index is 357. The van der Waals surface area contributed by atoms with Gasteiger partial charge in [-0.1, -0.05) is 29.5 Å². The third-order valence-electron chi connectivity index (χ3n) is 3.51. The summed E-state index contributed by atoms with van der Waals surface area (Å²) in [6.07, 6.45) is 0.557. The number of nitrogens with zero attached hydrogens (tertiary/aromatic N) is 1. The molecule has 0 radical (unpaired) electrons. The molecule has 0 aromatic heterocycles. The first-order chi connectivity index (χ1) is 9.22. The van der Waals surface area contributed by atoms with E-state index in [9.17, 15) is 9.59 Å². The molecule has 1 aliphatic heterocycles. The van der Waals surface area contributed by atoms with Crippen molar-refractivity contribution in [2.45, 2.75) is 46.1 Å². The van der Waals surface area contributed by atoms with Crippen LogP contribution in [0.5, 0.6) is 0 Å². The fourth-order valence-electron chi connectivity index (χ4n) is 2.14. The minimum atomic E-state index is -0.898. The first-order valence-corrected chi connectivity index (χ1v) is 8.48. The number of piperidine rings is 1. The highest BCUT2D eigenvalue weighted by Gasteiger charge is 2.43. The normalized spacial score (nSPS) is 19.4. The highest BCUT2D eigenvalue weighted by molar-refractivity contribution is 14.1. The van der Waals surface area contributed by atoms with Crippen molar-refractivity contribution < 1.29 is 19.1 Å². The van der Waals surface area contributed by atoms with Gasteiger partial charge >= 0.3 is 12.1 Å². The van der Waals surface area contributed by atoms with Gasteiger partial charge in [0.1, 0.15) is 5.60 Å². The SMILES string of the molecule is CCN1CCC(CI)(C(=O)OC(=O)OC(C)(C)C)CC1. The summed E-state index contributed by atoms with van der Waals surface area (Å²) in [5.74, 6) is -0.447. The summed E-state index contributed by atoms with van der Waals surface area (Å²) in [6.45, 7) is 10.0. The van der Waals surface area contributed by atoms with Gasteiger partial charge in [0.25, 0.3) is 0 Å². The number of likely N-dealkylation sites (tertiary alicyclic amines) is 1. The molecule has 0 saturated carbocycles. The fourth-order valence-corrected chi connectivity index (χ4v) is 3.22. The number of ether oxygens (including phenoxy) is 2. The van der Waals surface area contributed by atoms with Crippen LogP contribution in [0, 0.1) is 5.41 Å². The van der Waals surface area contributed by atoms with Crippen molar-refractivity contribution in [1.29, 1.82) is 0 Å². The second-order valence-corrected chi connectivity index (χ2v) is 6.96. The van der Waals surface area contributed by atoms with Crippen LogP contribution in [-0.4, -0.2) is 46.7 Å². The van der Waals surface area contributed by atoms with Gasteiger partial charge in [0.15, 0.2) is 0 Å². The summed E-state index contributed by atoms with van der Waals surface area (Å²) >= 11 is 2.20. The molecule has 6 heteroatoms. The number of hydrogen-bond donors (Lipinski definition) is 0. The monoisotopic (exact) mass is 397 g/mol. The highest BCUT2D eigenvalue weighted by atomic mass is 127. The van der Waals surface area contributed by atoms with Crippen LogP contribution in [0.1, 0.15) is 40.5 Å². The molecule has 5 nitrogen and oxygen atoms in total. The molecule has 1 rings (SSSR count). The van der Waals surface area contributed by atoms with Crippen molar-refractivity contribution in [3.8, 4) is 0 Å². The van der Waals surface area contributed by atoms with E-state index < -0.39 is 23.1 Å². The predicted octanol–water partition coefficient (Wildman–Crippen LogP) is 3.00. The maximum Gasteiger partial charge on any atom is 0.516 e. The average molecular weight is 397 g/mol. The standard InChI is InChI=1S/C14H24INO4/c1-5-16-8-6-14(10-15,7-9-16)11(17)19-12(18)20-13(2,3)4/h5-10H2,1-4H3. The average Bonchev–Trinajstić information content (AvgIpc) is 2.36. The zero-order valence-corrected chi connectivity index (χ0v) is 14.9. The van der Waals surface area contributed by atoms with Gasteiger partial charge in [-0.05, 0) is 53.2 Å². The first kappa shape index (κ1) is 17.7. The summed E-state index contributed by atoms with van der Waals surface area (Å²) in [5, 5.41) is 0. The van der Waals surface area contributed by atoms with Crippen LogP contribution in [-0.2, 0) is 14.3 Å². The predicted molar refractivity (Wildman–Crippen MR) is 85.0 cm³/mol. The number of hydrogen-bond acceptors (Lipinski definition) is 5. The molecule has 1 aliphatic rings. The largest absolute Gasteiger partial charge is 0.516 e. The van der Waals surface area contributed by atoms with E-state index in [1.807, 2.05) is 0 Å². The number of carbonyl (C=O) groups excluding carboxylic acids is 2. The number of halogens is 1. The Morgan fingerprint density at radius 3 is 2.20 bits per heavy atom. The van der Waals surface area contributed by atoms with Gasteiger partial charge in [0, 0.05) is 4.43 Å². The molecule has 0 spiro atoms. The molecule has 0 N–H and O–H groups in total. The Balaban J connectivity index is 2.62. The Labute approximate surface area is 134 Å². The zero-order chi connectivity index (χ0) is 15.4. The van der Waals surface area contributed by atoms with Gasteiger partial charge in [-0.15, -0.1) is 0 Å². The Morgan fingerprint density at radius 2 is 1.80 bits per heavy atom. The lowest BCUT2D eigenvalue weighted by Crippen LogP contribution is -2.46. The van der Waals surface area contributed by atoms with Crippen LogP contribution in [0.3, 0.4) is 0 Å². The minimum absolute atomic E-state index is 0.447. The van der Waals surface area contributed by atoms with Gasteiger partial charge in [-0.2, -0.15) is 0 Å².